The van der Waals surface area contributed by atoms with Gasteiger partial charge in [0, 0.05) is 18.9 Å². The van der Waals surface area contributed by atoms with Crippen molar-refractivity contribution in [3.05, 3.63) is 0 Å². The predicted molar refractivity (Wildman–Crippen MR) is 64.2 cm³/mol. The Balaban J connectivity index is 0.00000128. The van der Waals surface area contributed by atoms with Crippen LogP contribution in [0, 0.1) is 11.8 Å². The van der Waals surface area contributed by atoms with Crippen LogP contribution in [0.1, 0.15) is 32.6 Å². The second-order valence-corrected chi connectivity index (χ2v) is 4.76. The molecule has 4 nitrogen and oxygen atoms in total. The highest BCUT2D eigenvalue weighted by Gasteiger charge is 2.40. The molecule has 1 heterocycles. The molecule has 0 aromatic heterocycles. The Kier molecular flexibility index (Phi) is 5.18. The number of Topliss-reactive ketones (excluding diaryl/α,β-unsaturated/α-hetero) is 1. The van der Waals surface area contributed by atoms with Crippen LogP contribution in [0.3, 0.4) is 0 Å². The van der Waals surface area contributed by atoms with Crippen molar-refractivity contribution in [2.75, 3.05) is 6.54 Å². The third-order valence-corrected chi connectivity index (χ3v) is 3.82. The van der Waals surface area contributed by atoms with Gasteiger partial charge in [0.2, 0.25) is 0 Å². The summed E-state index contributed by atoms with van der Waals surface area (Å²) in [5, 5.41) is 0. The first-order valence-corrected chi connectivity index (χ1v) is 5.85. The molecular weight excluding hydrogens is 228 g/mol. The molecule has 1 saturated carbocycles. The van der Waals surface area contributed by atoms with Crippen molar-refractivity contribution in [3.8, 4) is 0 Å². The van der Waals surface area contributed by atoms with Crippen molar-refractivity contribution in [2.24, 2.45) is 17.6 Å². The molecule has 4 atom stereocenters. The Morgan fingerprint density at radius 3 is 3.00 bits per heavy atom. The van der Waals surface area contributed by atoms with E-state index in [-0.39, 0.29) is 18.5 Å². The van der Waals surface area contributed by atoms with Gasteiger partial charge < -0.3 is 5.73 Å². The fraction of sp³-hybridized carbons (Fsp3) is 0.909. The molecule has 94 valence electrons. The second-order valence-electron chi connectivity index (χ2n) is 4.76. The number of hydroxylamine groups is 1. The van der Waals surface area contributed by atoms with Crippen LogP contribution in [0.15, 0.2) is 0 Å². The van der Waals surface area contributed by atoms with E-state index in [1.165, 1.54) is 0 Å². The second kappa shape index (κ2) is 5.96. The Labute approximate surface area is 103 Å². The maximum atomic E-state index is 11.3. The number of nitrogens with one attached hydrogen (secondary N) is 1. The Bertz CT molecular complexity index is 250. The number of ketones is 1. The van der Waals surface area contributed by atoms with E-state index in [9.17, 15) is 4.79 Å². The summed E-state index contributed by atoms with van der Waals surface area (Å²) in [6.07, 6.45) is 3.32. The lowest BCUT2D eigenvalue weighted by atomic mass is 9.74. The van der Waals surface area contributed by atoms with Crippen molar-refractivity contribution in [3.63, 3.8) is 0 Å². The van der Waals surface area contributed by atoms with Crippen molar-refractivity contribution >= 4 is 18.2 Å². The molecular formula is C11H21ClN2O2. The van der Waals surface area contributed by atoms with E-state index in [1.807, 2.05) is 0 Å². The maximum absolute atomic E-state index is 11.3. The molecule has 0 aromatic carbocycles. The molecule has 0 aromatic rings. The molecule has 1 saturated heterocycles. The first kappa shape index (κ1) is 13.9. The van der Waals surface area contributed by atoms with Crippen molar-refractivity contribution in [1.29, 1.82) is 0 Å². The molecule has 1 aliphatic carbocycles. The highest BCUT2D eigenvalue weighted by Crippen LogP contribution is 2.35. The van der Waals surface area contributed by atoms with Crippen molar-refractivity contribution < 1.29 is 9.63 Å². The fourth-order valence-corrected chi connectivity index (χ4v) is 2.80. The molecule has 16 heavy (non-hydrogen) atoms. The Morgan fingerprint density at radius 2 is 2.31 bits per heavy atom. The normalized spacial score (nSPS) is 38.8. The summed E-state index contributed by atoms with van der Waals surface area (Å²) in [6.45, 7) is 2.92. The molecule has 0 amide bonds. The minimum Gasteiger partial charge on any atom is -0.330 e. The summed E-state index contributed by atoms with van der Waals surface area (Å²) in [6, 6.07) is 0.351. The highest BCUT2D eigenvalue weighted by molar-refractivity contribution is 5.85. The van der Waals surface area contributed by atoms with Crippen LogP contribution >= 0.6 is 12.4 Å². The maximum Gasteiger partial charge on any atom is 0.135 e. The zero-order valence-corrected chi connectivity index (χ0v) is 10.5. The largest absolute Gasteiger partial charge is 0.330 e. The highest BCUT2D eigenvalue weighted by atomic mass is 35.5. The summed E-state index contributed by atoms with van der Waals surface area (Å²) in [5.41, 5.74) is 8.62. The number of rotatable bonds is 2. The van der Waals surface area contributed by atoms with E-state index in [0.29, 0.717) is 36.6 Å². The Hall–Kier alpha value is -0.160. The number of carbonyl (C=O) groups is 1. The SMILES string of the molecule is CC1C(CCN)NOC2CC(=O)CCC21.Cl. The van der Waals surface area contributed by atoms with Gasteiger partial charge in [-0.15, -0.1) is 12.4 Å². The summed E-state index contributed by atoms with van der Waals surface area (Å²) < 4.78 is 0. The summed E-state index contributed by atoms with van der Waals surface area (Å²) in [4.78, 5) is 16.9. The molecule has 2 fully saturated rings. The van der Waals surface area contributed by atoms with E-state index in [4.69, 9.17) is 10.6 Å². The van der Waals surface area contributed by atoms with E-state index >= 15 is 0 Å². The number of carbonyl (C=O) groups excluding carboxylic acids is 1. The number of hydrogen-bond acceptors (Lipinski definition) is 4. The standard InChI is InChI=1S/C11H20N2O2.ClH/c1-7-9-3-2-8(14)6-11(9)15-13-10(7)4-5-12;/h7,9-11,13H,2-6,12H2,1H3;1H. The summed E-state index contributed by atoms with van der Waals surface area (Å²) in [7, 11) is 0. The van der Waals surface area contributed by atoms with Crippen molar-refractivity contribution in [2.45, 2.75) is 44.8 Å². The van der Waals surface area contributed by atoms with Gasteiger partial charge in [-0.25, -0.2) is 0 Å². The molecule has 5 heteroatoms. The van der Waals surface area contributed by atoms with Crippen LogP contribution in [-0.4, -0.2) is 24.5 Å². The molecule has 1 aliphatic heterocycles. The molecule has 2 aliphatic rings. The lowest BCUT2D eigenvalue weighted by Gasteiger charge is -2.43. The summed E-state index contributed by atoms with van der Waals surface area (Å²) in [5.74, 6) is 1.42. The van der Waals surface area contributed by atoms with Gasteiger partial charge in [0.25, 0.3) is 0 Å². The van der Waals surface area contributed by atoms with E-state index < -0.39 is 0 Å². The van der Waals surface area contributed by atoms with Crippen LogP contribution in [0.4, 0.5) is 0 Å². The molecule has 2 rings (SSSR count). The lowest BCUT2D eigenvalue weighted by Crippen LogP contribution is -2.53. The number of halogens is 1. The van der Waals surface area contributed by atoms with E-state index in [0.717, 1.165) is 19.3 Å². The quantitative estimate of drug-likeness (QED) is 0.766. The minimum atomic E-state index is 0. The van der Waals surface area contributed by atoms with Crippen LogP contribution in [0.2, 0.25) is 0 Å². The lowest BCUT2D eigenvalue weighted by molar-refractivity contribution is -0.160. The Morgan fingerprint density at radius 1 is 1.56 bits per heavy atom. The topological polar surface area (TPSA) is 64.3 Å². The summed E-state index contributed by atoms with van der Waals surface area (Å²) >= 11 is 0. The zero-order chi connectivity index (χ0) is 10.8. The van der Waals surface area contributed by atoms with Crippen LogP contribution < -0.4 is 11.2 Å². The first-order valence-electron chi connectivity index (χ1n) is 5.85. The minimum absolute atomic E-state index is 0. The smallest absolute Gasteiger partial charge is 0.135 e. The fourth-order valence-electron chi connectivity index (χ4n) is 2.80. The average Bonchev–Trinajstić information content (AvgIpc) is 2.22. The van der Waals surface area contributed by atoms with Gasteiger partial charge in [0.15, 0.2) is 0 Å². The van der Waals surface area contributed by atoms with E-state index in [2.05, 4.69) is 12.4 Å². The van der Waals surface area contributed by atoms with Gasteiger partial charge in [0.05, 0.1) is 6.10 Å². The van der Waals surface area contributed by atoms with Gasteiger partial charge in [-0.3, -0.25) is 9.63 Å². The molecule has 4 unspecified atom stereocenters. The number of nitrogens with two attached hydrogens (primary N) is 1. The van der Waals surface area contributed by atoms with Crippen molar-refractivity contribution in [1.82, 2.24) is 5.48 Å². The number of fused-ring (bicyclic) bond motifs is 1. The molecule has 0 spiro atoms. The monoisotopic (exact) mass is 248 g/mol. The average molecular weight is 249 g/mol. The predicted octanol–water partition coefficient (Wildman–Crippen LogP) is 1.03. The molecule has 3 N–H and O–H groups in total. The van der Waals surface area contributed by atoms with Crippen LogP contribution in [-0.2, 0) is 9.63 Å². The van der Waals surface area contributed by atoms with Crippen LogP contribution in [0.5, 0.6) is 0 Å². The zero-order valence-electron chi connectivity index (χ0n) is 9.65. The van der Waals surface area contributed by atoms with Gasteiger partial charge in [0.1, 0.15) is 5.78 Å². The molecule has 0 bridgehead atoms. The van der Waals surface area contributed by atoms with E-state index in [1.54, 1.807) is 0 Å². The molecule has 0 radical (unpaired) electrons. The third-order valence-electron chi connectivity index (χ3n) is 3.82. The van der Waals surface area contributed by atoms with Gasteiger partial charge >= 0.3 is 0 Å². The van der Waals surface area contributed by atoms with Gasteiger partial charge in [-0.1, -0.05) is 6.92 Å². The first-order chi connectivity index (χ1) is 7.22. The van der Waals surface area contributed by atoms with Crippen LogP contribution in [0.25, 0.3) is 0 Å². The third kappa shape index (κ3) is 2.74. The van der Waals surface area contributed by atoms with Gasteiger partial charge in [-0.2, -0.15) is 5.48 Å². The van der Waals surface area contributed by atoms with Gasteiger partial charge in [-0.05, 0) is 31.2 Å². The number of hydrogen-bond donors (Lipinski definition) is 2.